The second-order valence-electron chi connectivity index (χ2n) is 5.38. The Morgan fingerprint density at radius 3 is 2.95 bits per heavy atom. The smallest absolute Gasteiger partial charge is 0.143 e. The van der Waals surface area contributed by atoms with Crippen LogP contribution in [0, 0.1) is 0 Å². The zero-order valence-corrected chi connectivity index (χ0v) is 13.3. The van der Waals surface area contributed by atoms with Gasteiger partial charge in [-0.15, -0.1) is 5.10 Å². The third-order valence-electron chi connectivity index (χ3n) is 3.23. The Bertz CT molecular complexity index is 558. The number of tetrazole rings is 1. The Balaban J connectivity index is 2.03. The average Bonchev–Trinajstić information content (AvgIpc) is 2.99. The van der Waals surface area contributed by atoms with Crippen molar-refractivity contribution in [1.82, 2.24) is 25.5 Å². The second kappa shape index (κ2) is 7.02. The van der Waals surface area contributed by atoms with Gasteiger partial charge in [0.25, 0.3) is 0 Å². The van der Waals surface area contributed by atoms with E-state index in [9.17, 15) is 5.11 Å². The first kappa shape index (κ1) is 15.9. The van der Waals surface area contributed by atoms with Crippen LogP contribution in [0.25, 0.3) is 5.69 Å². The number of hydrogen-bond donors (Lipinski definition) is 2. The fourth-order valence-electron chi connectivity index (χ4n) is 2.07. The molecule has 0 fully saturated rings. The van der Waals surface area contributed by atoms with Crippen LogP contribution in [0.1, 0.15) is 25.5 Å². The van der Waals surface area contributed by atoms with Gasteiger partial charge >= 0.3 is 0 Å². The van der Waals surface area contributed by atoms with E-state index < -0.39 is 5.60 Å². The number of aromatic nitrogens is 4. The molecule has 21 heavy (non-hydrogen) atoms. The quantitative estimate of drug-likeness (QED) is 0.806. The van der Waals surface area contributed by atoms with Crippen molar-refractivity contribution >= 4 is 11.8 Å². The summed E-state index contributed by atoms with van der Waals surface area (Å²) in [6.45, 7) is 4.47. The molecule has 0 aliphatic rings. The van der Waals surface area contributed by atoms with Crippen LogP contribution in [0.2, 0.25) is 0 Å². The van der Waals surface area contributed by atoms with E-state index in [0.717, 1.165) is 11.3 Å². The van der Waals surface area contributed by atoms with E-state index in [-0.39, 0.29) is 6.04 Å². The molecule has 6 nitrogen and oxygen atoms in total. The molecule has 0 aliphatic heterocycles. The van der Waals surface area contributed by atoms with Crippen LogP contribution in [-0.2, 0) is 0 Å². The Morgan fingerprint density at radius 2 is 2.29 bits per heavy atom. The normalized spacial score (nSPS) is 15.6. The Hall–Kier alpha value is -1.44. The minimum atomic E-state index is -0.707. The summed E-state index contributed by atoms with van der Waals surface area (Å²) in [6, 6.07) is 8.16. The predicted octanol–water partition coefficient (Wildman–Crippen LogP) is 1.43. The molecule has 2 unspecified atom stereocenters. The van der Waals surface area contributed by atoms with Crippen LogP contribution in [-0.4, -0.2) is 49.5 Å². The van der Waals surface area contributed by atoms with Gasteiger partial charge in [-0.25, -0.2) is 4.68 Å². The SMILES string of the molecule is CSCC(C)(O)CNC(C)c1cccc(-n2cnnn2)c1. The first-order valence-corrected chi connectivity index (χ1v) is 8.19. The third-order valence-corrected chi connectivity index (χ3v) is 4.14. The maximum absolute atomic E-state index is 10.2. The average molecular weight is 307 g/mol. The highest BCUT2D eigenvalue weighted by molar-refractivity contribution is 7.98. The van der Waals surface area contributed by atoms with Gasteiger partial charge in [-0.05, 0) is 48.2 Å². The molecule has 1 aromatic heterocycles. The molecule has 0 bridgehead atoms. The molecule has 2 rings (SSSR count). The molecule has 1 aromatic carbocycles. The van der Waals surface area contributed by atoms with E-state index in [4.69, 9.17) is 0 Å². The largest absolute Gasteiger partial charge is 0.388 e. The van der Waals surface area contributed by atoms with Crippen molar-refractivity contribution in [3.8, 4) is 5.69 Å². The Kier molecular flexibility index (Phi) is 5.33. The highest BCUT2D eigenvalue weighted by Gasteiger charge is 2.20. The van der Waals surface area contributed by atoms with Gasteiger partial charge in [-0.2, -0.15) is 11.8 Å². The summed E-state index contributed by atoms with van der Waals surface area (Å²) in [6.07, 6.45) is 3.56. The maximum atomic E-state index is 10.2. The summed E-state index contributed by atoms with van der Waals surface area (Å²) >= 11 is 1.64. The van der Waals surface area contributed by atoms with Crippen LogP contribution in [0.4, 0.5) is 0 Å². The molecule has 114 valence electrons. The number of hydrogen-bond acceptors (Lipinski definition) is 6. The van der Waals surface area contributed by atoms with Gasteiger partial charge in [0.1, 0.15) is 6.33 Å². The number of thioether (sulfide) groups is 1. The fourth-order valence-corrected chi connectivity index (χ4v) is 2.79. The zero-order chi connectivity index (χ0) is 15.3. The summed E-state index contributed by atoms with van der Waals surface area (Å²) < 4.78 is 1.63. The first-order valence-electron chi connectivity index (χ1n) is 6.80. The van der Waals surface area contributed by atoms with Gasteiger partial charge in [0.15, 0.2) is 0 Å². The van der Waals surface area contributed by atoms with E-state index in [2.05, 4.69) is 33.8 Å². The lowest BCUT2D eigenvalue weighted by Gasteiger charge is -2.25. The van der Waals surface area contributed by atoms with Gasteiger partial charge in [0.05, 0.1) is 11.3 Å². The van der Waals surface area contributed by atoms with Gasteiger partial charge in [-0.1, -0.05) is 12.1 Å². The minimum Gasteiger partial charge on any atom is -0.388 e. The molecule has 0 spiro atoms. The molecule has 2 aromatic rings. The van der Waals surface area contributed by atoms with Crippen molar-refractivity contribution in [2.24, 2.45) is 0 Å². The van der Waals surface area contributed by atoms with Crippen LogP contribution in [0.5, 0.6) is 0 Å². The first-order chi connectivity index (χ1) is 10.0. The van der Waals surface area contributed by atoms with Crippen molar-refractivity contribution in [2.45, 2.75) is 25.5 Å². The highest BCUT2D eigenvalue weighted by atomic mass is 32.2. The van der Waals surface area contributed by atoms with Gasteiger partial charge in [0.2, 0.25) is 0 Å². The molecule has 2 N–H and O–H groups in total. The molecule has 0 saturated carbocycles. The molecule has 0 amide bonds. The fraction of sp³-hybridized carbons (Fsp3) is 0.500. The molecule has 7 heteroatoms. The van der Waals surface area contributed by atoms with E-state index in [1.165, 1.54) is 0 Å². The lowest BCUT2D eigenvalue weighted by Crippen LogP contribution is -2.40. The molecule has 0 saturated heterocycles. The van der Waals surface area contributed by atoms with Gasteiger partial charge in [-0.3, -0.25) is 0 Å². The number of aliphatic hydroxyl groups is 1. The second-order valence-corrected chi connectivity index (χ2v) is 6.25. The summed E-state index contributed by atoms with van der Waals surface area (Å²) in [7, 11) is 0. The van der Waals surface area contributed by atoms with Crippen molar-refractivity contribution in [3.05, 3.63) is 36.2 Å². The molecular formula is C14H21N5OS. The third kappa shape index (κ3) is 4.52. The van der Waals surface area contributed by atoms with E-state index in [1.807, 2.05) is 31.4 Å². The van der Waals surface area contributed by atoms with E-state index >= 15 is 0 Å². The highest BCUT2D eigenvalue weighted by Crippen LogP contribution is 2.17. The number of benzene rings is 1. The number of nitrogens with one attached hydrogen (secondary N) is 1. The Labute approximate surface area is 128 Å². The molecule has 1 heterocycles. The molecule has 2 atom stereocenters. The zero-order valence-electron chi connectivity index (χ0n) is 12.5. The summed E-state index contributed by atoms with van der Waals surface area (Å²) in [5.41, 5.74) is 1.34. The van der Waals surface area contributed by atoms with Crippen LogP contribution in [0.15, 0.2) is 30.6 Å². The summed E-state index contributed by atoms with van der Waals surface area (Å²) in [4.78, 5) is 0. The van der Waals surface area contributed by atoms with Crippen molar-refractivity contribution < 1.29 is 5.11 Å². The van der Waals surface area contributed by atoms with Crippen LogP contribution >= 0.6 is 11.8 Å². The molecule has 0 aliphatic carbocycles. The lowest BCUT2D eigenvalue weighted by atomic mass is 10.1. The topological polar surface area (TPSA) is 75.9 Å². The van der Waals surface area contributed by atoms with E-state index in [0.29, 0.717) is 12.3 Å². The molecule has 0 radical (unpaired) electrons. The van der Waals surface area contributed by atoms with Crippen molar-refractivity contribution in [2.75, 3.05) is 18.6 Å². The number of rotatable bonds is 7. The monoisotopic (exact) mass is 307 g/mol. The Morgan fingerprint density at radius 1 is 1.48 bits per heavy atom. The number of nitrogens with zero attached hydrogens (tertiary/aromatic N) is 4. The van der Waals surface area contributed by atoms with Crippen LogP contribution in [0.3, 0.4) is 0 Å². The van der Waals surface area contributed by atoms with E-state index in [1.54, 1.807) is 22.8 Å². The van der Waals surface area contributed by atoms with Gasteiger partial charge < -0.3 is 10.4 Å². The summed E-state index contributed by atoms with van der Waals surface area (Å²) in [5.74, 6) is 0.706. The molecular weight excluding hydrogens is 286 g/mol. The van der Waals surface area contributed by atoms with Crippen molar-refractivity contribution in [3.63, 3.8) is 0 Å². The minimum absolute atomic E-state index is 0.134. The van der Waals surface area contributed by atoms with Crippen molar-refractivity contribution in [1.29, 1.82) is 0 Å². The standard InChI is InChI=1S/C14H21N5OS/c1-11(15-8-14(2,20)9-21-3)12-5-4-6-13(7-12)19-10-16-17-18-19/h4-7,10-11,15,20H,8-9H2,1-3H3. The predicted molar refractivity (Wildman–Crippen MR) is 84.6 cm³/mol. The lowest BCUT2D eigenvalue weighted by molar-refractivity contribution is 0.0821. The van der Waals surface area contributed by atoms with Gasteiger partial charge in [0, 0.05) is 18.3 Å². The summed E-state index contributed by atoms with van der Waals surface area (Å²) in [5, 5.41) is 24.7. The van der Waals surface area contributed by atoms with Crippen LogP contribution < -0.4 is 5.32 Å². The maximum Gasteiger partial charge on any atom is 0.143 e.